The van der Waals surface area contributed by atoms with E-state index in [0.717, 1.165) is 5.71 Å². The quantitative estimate of drug-likeness (QED) is 0.310. The predicted molar refractivity (Wildman–Crippen MR) is 37.5 cm³/mol. The van der Waals surface area contributed by atoms with E-state index >= 15 is 0 Å². The number of rotatable bonds is 0. The summed E-state index contributed by atoms with van der Waals surface area (Å²) in [5, 5.41) is 3.31. The topological polar surface area (TPSA) is 38.4 Å². The molecule has 0 aromatic carbocycles. The number of halogens is 2. The summed E-state index contributed by atoms with van der Waals surface area (Å²) in [7, 11) is 0. The molecule has 0 spiro atoms. The first-order valence-electron chi connectivity index (χ1n) is 1.48. The van der Waals surface area contributed by atoms with Crippen molar-refractivity contribution in [1.82, 2.24) is 0 Å². The molecular weight excluding hydrogens is 135 g/mol. The molecule has 0 aliphatic rings. The Balaban J connectivity index is -0.0000000800. The maximum absolute atomic E-state index is 4.76. The lowest BCUT2D eigenvalue weighted by atomic mass is 10.5. The third-order valence-corrected chi connectivity index (χ3v) is 0.258. The van der Waals surface area contributed by atoms with E-state index in [1.165, 1.54) is 0 Å². The van der Waals surface area contributed by atoms with Crippen LogP contribution in [0.15, 0.2) is 5.10 Å². The zero-order valence-corrected chi connectivity index (χ0v) is 5.97. The molecule has 0 aliphatic carbocycles. The van der Waals surface area contributed by atoms with Crippen LogP contribution in [0.5, 0.6) is 0 Å². The minimum atomic E-state index is 0. The molecule has 2 nitrogen and oxygen atoms in total. The molecule has 0 aromatic heterocycles. The van der Waals surface area contributed by atoms with Gasteiger partial charge >= 0.3 is 0 Å². The predicted octanol–water partition coefficient (Wildman–Crippen LogP) is 1.18. The van der Waals surface area contributed by atoms with Gasteiger partial charge in [-0.3, -0.25) is 0 Å². The second-order valence-corrected chi connectivity index (χ2v) is 1.08. The molecule has 0 saturated carbocycles. The maximum atomic E-state index is 4.76. The summed E-state index contributed by atoms with van der Waals surface area (Å²) in [6, 6.07) is 0. The Bertz CT molecular complexity index is 48.9. The minimum Gasteiger partial charge on any atom is -0.323 e. The summed E-state index contributed by atoms with van der Waals surface area (Å²) in [5.74, 6) is 4.76. The Hall–Kier alpha value is 0.0500. The van der Waals surface area contributed by atoms with Gasteiger partial charge in [0.05, 0.1) is 0 Å². The van der Waals surface area contributed by atoms with Gasteiger partial charge in [0.2, 0.25) is 0 Å². The molecule has 0 bridgehead atoms. The highest BCUT2D eigenvalue weighted by Crippen LogP contribution is 1.59. The number of hydrazone groups is 1. The highest BCUT2D eigenvalue weighted by molar-refractivity contribution is 5.85. The van der Waals surface area contributed by atoms with Gasteiger partial charge in [0, 0.05) is 5.71 Å². The van der Waals surface area contributed by atoms with Crippen LogP contribution < -0.4 is 5.84 Å². The van der Waals surface area contributed by atoms with Gasteiger partial charge in [-0.15, -0.1) is 24.8 Å². The van der Waals surface area contributed by atoms with E-state index < -0.39 is 0 Å². The standard InChI is InChI=1S/C3H8N2.2ClH/c1-3(2)5-4;;/h4H2,1-2H3;2*1H. The molecule has 0 aromatic rings. The van der Waals surface area contributed by atoms with Gasteiger partial charge in [0.25, 0.3) is 0 Å². The monoisotopic (exact) mass is 144 g/mol. The van der Waals surface area contributed by atoms with Crippen LogP contribution in [0.4, 0.5) is 0 Å². The molecule has 0 unspecified atom stereocenters. The average molecular weight is 145 g/mol. The average Bonchev–Trinajstić information content (AvgIpc) is 1.38. The van der Waals surface area contributed by atoms with Crippen LogP contribution in [-0.2, 0) is 0 Å². The minimum absolute atomic E-state index is 0. The number of hydrogen-bond donors (Lipinski definition) is 1. The molecular formula is C3H10Cl2N2. The van der Waals surface area contributed by atoms with Crippen LogP contribution in [0, 0.1) is 0 Å². The fraction of sp³-hybridized carbons (Fsp3) is 0.667. The highest BCUT2D eigenvalue weighted by atomic mass is 35.5. The third kappa shape index (κ3) is 23.6. The van der Waals surface area contributed by atoms with E-state index in [1.54, 1.807) is 0 Å². The van der Waals surface area contributed by atoms with Gasteiger partial charge in [0.1, 0.15) is 0 Å². The van der Waals surface area contributed by atoms with Crippen LogP contribution in [0.3, 0.4) is 0 Å². The number of nitrogens with two attached hydrogens (primary N) is 1. The normalized spacial score (nSPS) is 4.86. The zero-order valence-electron chi connectivity index (χ0n) is 4.34. The summed E-state index contributed by atoms with van der Waals surface area (Å²) in [6.07, 6.45) is 0. The van der Waals surface area contributed by atoms with Crippen molar-refractivity contribution in [3.63, 3.8) is 0 Å². The van der Waals surface area contributed by atoms with Crippen molar-refractivity contribution in [3.05, 3.63) is 0 Å². The highest BCUT2D eigenvalue weighted by Gasteiger charge is 1.63. The fourth-order valence-corrected chi connectivity index (χ4v) is 0. The Labute approximate surface area is 56.0 Å². The van der Waals surface area contributed by atoms with E-state index in [1.807, 2.05) is 13.8 Å². The Kier molecular flexibility index (Phi) is 21.1. The molecule has 0 aliphatic heterocycles. The smallest absolute Gasteiger partial charge is 0.0314 e. The lowest BCUT2D eigenvalue weighted by Gasteiger charge is -1.74. The van der Waals surface area contributed by atoms with Gasteiger partial charge in [0.15, 0.2) is 0 Å². The Morgan fingerprint density at radius 3 is 1.43 bits per heavy atom. The van der Waals surface area contributed by atoms with Crippen molar-refractivity contribution in [2.75, 3.05) is 0 Å². The molecule has 0 radical (unpaired) electrons. The van der Waals surface area contributed by atoms with Crippen molar-refractivity contribution in [2.45, 2.75) is 13.8 Å². The number of hydrogen-bond acceptors (Lipinski definition) is 2. The van der Waals surface area contributed by atoms with Crippen LogP contribution >= 0.6 is 24.8 Å². The van der Waals surface area contributed by atoms with E-state index in [0.29, 0.717) is 0 Å². The summed E-state index contributed by atoms with van der Waals surface area (Å²) in [5.41, 5.74) is 0.907. The molecule has 0 rings (SSSR count). The third-order valence-electron chi connectivity index (χ3n) is 0.258. The van der Waals surface area contributed by atoms with Crippen molar-refractivity contribution >= 4 is 30.5 Å². The van der Waals surface area contributed by atoms with Crippen LogP contribution in [0.1, 0.15) is 13.8 Å². The molecule has 2 N–H and O–H groups in total. The molecule has 7 heavy (non-hydrogen) atoms. The largest absolute Gasteiger partial charge is 0.323 e. The molecule has 46 valence electrons. The first kappa shape index (κ1) is 15.7. The van der Waals surface area contributed by atoms with E-state index in [-0.39, 0.29) is 24.8 Å². The van der Waals surface area contributed by atoms with Gasteiger partial charge in [-0.1, -0.05) is 0 Å². The zero-order chi connectivity index (χ0) is 4.28. The van der Waals surface area contributed by atoms with Crippen molar-refractivity contribution in [1.29, 1.82) is 0 Å². The lowest BCUT2D eigenvalue weighted by molar-refractivity contribution is 1.23. The molecule has 4 heteroatoms. The van der Waals surface area contributed by atoms with Crippen molar-refractivity contribution in [2.24, 2.45) is 10.9 Å². The first-order valence-corrected chi connectivity index (χ1v) is 1.48. The van der Waals surface area contributed by atoms with Crippen molar-refractivity contribution < 1.29 is 0 Å². The SMILES string of the molecule is CC(C)=NN.Cl.Cl. The molecule has 0 amide bonds. The van der Waals surface area contributed by atoms with Crippen LogP contribution in [0.2, 0.25) is 0 Å². The molecule has 0 heterocycles. The second-order valence-electron chi connectivity index (χ2n) is 1.08. The summed E-state index contributed by atoms with van der Waals surface area (Å²) < 4.78 is 0. The molecule has 0 saturated heterocycles. The summed E-state index contributed by atoms with van der Waals surface area (Å²) >= 11 is 0. The van der Waals surface area contributed by atoms with Crippen LogP contribution in [-0.4, -0.2) is 5.71 Å². The maximum Gasteiger partial charge on any atom is 0.0314 e. The second kappa shape index (κ2) is 9.41. The van der Waals surface area contributed by atoms with E-state index in [2.05, 4.69) is 5.10 Å². The Morgan fingerprint density at radius 1 is 1.29 bits per heavy atom. The van der Waals surface area contributed by atoms with Gasteiger partial charge in [-0.25, -0.2) is 0 Å². The fourth-order valence-electron chi connectivity index (χ4n) is 0. The Morgan fingerprint density at radius 2 is 1.43 bits per heavy atom. The van der Waals surface area contributed by atoms with Crippen molar-refractivity contribution in [3.8, 4) is 0 Å². The molecule has 0 atom stereocenters. The summed E-state index contributed by atoms with van der Waals surface area (Å²) in [6.45, 7) is 3.69. The van der Waals surface area contributed by atoms with Crippen LogP contribution in [0.25, 0.3) is 0 Å². The van der Waals surface area contributed by atoms with Gasteiger partial charge in [-0.2, -0.15) is 5.10 Å². The lowest BCUT2D eigenvalue weighted by Crippen LogP contribution is -1.86. The summed E-state index contributed by atoms with van der Waals surface area (Å²) in [4.78, 5) is 0. The van der Waals surface area contributed by atoms with Gasteiger partial charge < -0.3 is 5.84 Å². The first-order chi connectivity index (χ1) is 2.27. The molecule has 0 fully saturated rings. The number of nitrogens with zero attached hydrogens (tertiary/aromatic N) is 1. The van der Waals surface area contributed by atoms with Gasteiger partial charge in [-0.05, 0) is 13.8 Å². The van der Waals surface area contributed by atoms with E-state index in [4.69, 9.17) is 5.84 Å². The van der Waals surface area contributed by atoms with E-state index in [9.17, 15) is 0 Å².